The molecule has 0 fully saturated rings. The molecule has 1 aliphatic heterocycles. The molecule has 0 unspecified atom stereocenters. The average molecular weight is 478 g/mol. The molecule has 34 heavy (non-hydrogen) atoms. The van der Waals surface area contributed by atoms with Gasteiger partial charge in [0.05, 0.1) is 12.5 Å². The maximum Gasteiger partial charge on any atom is 0.408 e. The fourth-order valence-corrected chi connectivity index (χ4v) is 3.96. The number of likely N-dealkylation sites (N-methyl/N-ethyl adjacent to an activating group) is 1. The lowest BCUT2D eigenvalue weighted by molar-refractivity contribution is -0.120. The topological polar surface area (TPSA) is 100 Å². The van der Waals surface area contributed by atoms with Gasteiger partial charge in [0.25, 0.3) is 0 Å². The Bertz CT molecular complexity index is 834. The Hall–Kier alpha value is -2.32. The van der Waals surface area contributed by atoms with Crippen molar-refractivity contribution in [1.29, 1.82) is 0 Å². The van der Waals surface area contributed by atoms with Crippen molar-refractivity contribution in [2.24, 2.45) is 0 Å². The number of rotatable bonds is 10. The number of unbranched alkanes of at least 4 members (excludes halogenated alkanes) is 1. The van der Waals surface area contributed by atoms with Crippen LogP contribution in [0.25, 0.3) is 0 Å². The summed E-state index contributed by atoms with van der Waals surface area (Å²) in [5.41, 5.74) is -0.169. The van der Waals surface area contributed by atoms with E-state index in [1.807, 2.05) is 12.1 Å². The van der Waals surface area contributed by atoms with Gasteiger partial charge in [0.1, 0.15) is 23.1 Å². The van der Waals surface area contributed by atoms with Gasteiger partial charge in [0, 0.05) is 18.7 Å². The summed E-state index contributed by atoms with van der Waals surface area (Å²) >= 11 is 0. The Morgan fingerprint density at radius 3 is 2.53 bits per heavy atom. The molecule has 0 aromatic heterocycles. The second-order valence-corrected chi connectivity index (χ2v) is 10.5. The van der Waals surface area contributed by atoms with Crippen LogP contribution in [-0.2, 0) is 16.0 Å². The van der Waals surface area contributed by atoms with Crippen LogP contribution in [0.15, 0.2) is 18.2 Å². The number of aliphatic hydroxyl groups is 1. The van der Waals surface area contributed by atoms with E-state index < -0.39 is 29.4 Å². The highest BCUT2D eigenvalue weighted by atomic mass is 16.6. The van der Waals surface area contributed by atoms with Crippen LogP contribution in [0.5, 0.6) is 5.75 Å². The zero-order chi connectivity index (χ0) is 25.5. The fourth-order valence-electron chi connectivity index (χ4n) is 3.96. The highest BCUT2D eigenvalue weighted by Gasteiger charge is 2.44. The third-order valence-electron chi connectivity index (χ3n) is 5.87. The molecule has 0 saturated carbocycles. The number of amides is 2. The van der Waals surface area contributed by atoms with Crippen LogP contribution in [0.2, 0.25) is 0 Å². The van der Waals surface area contributed by atoms with Crippen molar-refractivity contribution in [2.45, 2.75) is 91.1 Å². The van der Waals surface area contributed by atoms with Gasteiger partial charge in [0.15, 0.2) is 0 Å². The number of carbonyl (C=O) groups excluding carboxylic acids is 2. The first-order valence-corrected chi connectivity index (χ1v) is 12.3. The number of alkyl carbamates (subject to hydrolysis) is 1. The van der Waals surface area contributed by atoms with Crippen molar-refractivity contribution in [3.05, 3.63) is 29.3 Å². The van der Waals surface area contributed by atoms with Gasteiger partial charge in [-0.15, -0.1) is 0 Å². The summed E-state index contributed by atoms with van der Waals surface area (Å²) < 4.78 is 11.4. The van der Waals surface area contributed by atoms with Gasteiger partial charge in [-0.3, -0.25) is 4.79 Å². The second kappa shape index (κ2) is 11.9. The first-order chi connectivity index (χ1) is 15.9. The van der Waals surface area contributed by atoms with E-state index in [-0.39, 0.29) is 12.3 Å². The van der Waals surface area contributed by atoms with Gasteiger partial charge >= 0.3 is 6.09 Å². The van der Waals surface area contributed by atoms with Crippen LogP contribution in [0.1, 0.15) is 78.5 Å². The Morgan fingerprint density at radius 1 is 1.21 bits per heavy atom. The number of carbonyl (C=O) groups is 2. The SMILES string of the molecule is CCCCN(CC)CCNC(=O)Cc1ccc2c(c1)[C@@H](NC(=O)OC(C)(C)C)[C@H](O)C(C)(C)O2. The zero-order valence-electron chi connectivity index (χ0n) is 21.9. The van der Waals surface area contributed by atoms with E-state index in [0.717, 1.165) is 38.0 Å². The van der Waals surface area contributed by atoms with Crippen molar-refractivity contribution in [3.8, 4) is 5.75 Å². The lowest BCUT2D eigenvalue weighted by Gasteiger charge is -2.42. The molecule has 0 bridgehead atoms. The second-order valence-electron chi connectivity index (χ2n) is 10.5. The Kier molecular flexibility index (Phi) is 9.76. The number of fused-ring (bicyclic) bond motifs is 1. The van der Waals surface area contributed by atoms with E-state index in [2.05, 4.69) is 29.4 Å². The molecular weight excluding hydrogens is 434 g/mol. The first-order valence-electron chi connectivity index (χ1n) is 12.3. The molecule has 8 heteroatoms. The Balaban J connectivity index is 2.09. The quantitative estimate of drug-likeness (QED) is 0.476. The molecule has 0 spiro atoms. The molecule has 1 aromatic rings. The highest BCUT2D eigenvalue weighted by Crippen LogP contribution is 2.40. The Labute approximate surface area is 204 Å². The molecule has 0 aliphatic carbocycles. The monoisotopic (exact) mass is 477 g/mol. The molecule has 192 valence electrons. The van der Waals surface area contributed by atoms with Crippen LogP contribution >= 0.6 is 0 Å². The summed E-state index contributed by atoms with van der Waals surface area (Å²) in [5.74, 6) is 0.496. The van der Waals surface area contributed by atoms with Crippen molar-refractivity contribution in [1.82, 2.24) is 15.5 Å². The summed E-state index contributed by atoms with van der Waals surface area (Å²) in [6, 6.07) is 4.72. The maximum atomic E-state index is 12.5. The minimum absolute atomic E-state index is 0.0687. The maximum absolute atomic E-state index is 12.5. The largest absolute Gasteiger partial charge is 0.485 e. The summed E-state index contributed by atoms with van der Waals surface area (Å²) in [6.07, 6.45) is 0.889. The third-order valence-corrected chi connectivity index (χ3v) is 5.87. The minimum atomic E-state index is -1.00. The number of benzene rings is 1. The van der Waals surface area contributed by atoms with Crippen molar-refractivity contribution in [3.63, 3.8) is 0 Å². The number of nitrogens with one attached hydrogen (secondary N) is 2. The van der Waals surface area contributed by atoms with E-state index in [1.165, 1.54) is 0 Å². The van der Waals surface area contributed by atoms with Gasteiger partial charge in [-0.25, -0.2) is 4.79 Å². The number of nitrogens with zero attached hydrogens (tertiary/aromatic N) is 1. The number of hydrogen-bond acceptors (Lipinski definition) is 6. The van der Waals surface area contributed by atoms with Gasteiger partial charge in [-0.1, -0.05) is 26.3 Å². The molecule has 2 rings (SSSR count). The molecule has 8 nitrogen and oxygen atoms in total. The molecule has 2 atom stereocenters. The fraction of sp³-hybridized carbons (Fsp3) is 0.692. The van der Waals surface area contributed by atoms with E-state index in [1.54, 1.807) is 40.7 Å². The van der Waals surface area contributed by atoms with E-state index >= 15 is 0 Å². The third kappa shape index (κ3) is 8.17. The summed E-state index contributed by atoms with van der Waals surface area (Å²) in [7, 11) is 0. The average Bonchev–Trinajstić information content (AvgIpc) is 2.73. The Morgan fingerprint density at radius 2 is 1.91 bits per heavy atom. The minimum Gasteiger partial charge on any atom is -0.485 e. The summed E-state index contributed by atoms with van der Waals surface area (Å²) in [5, 5.41) is 16.7. The van der Waals surface area contributed by atoms with Crippen LogP contribution in [-0.4, -0.2) is 65.5 Å². The standard InChI is InChI=1S/C26H43N3O5/c1-8-10-14-29(9-2)15-13-27-21(30)17-18-11-12-20-19(16-18)22(23(31)26(6,7)33-20)28-24(32)34-25(3,4)5/h11-12,16,22-23,31H,8-10,13-15,17H2,1-7H3,(H,27,30)(H,28,32)/t22-,23+/m1/s1. The summed E-state index contributed by atoms with van der Waals surface area (Å²) in [4.78, 5) is 27.3. The van der Waals surface area contributed by atoms with Gasteiger partial charge in [-0.05, 0) is 71.8 Å². The lowest BCUT2D eigenvalue weighted by atomic mass is 9.85. The van der Waals surface area contributed by atoms with Crippen LogP contribution in [0, 0.1) is 0 Å². The number of hydrogen-bond donors (Lipinski definition) is 3. The smallest absolute Gasteiger partial charge is 0.408 e. The van der Waals surface area contributed by atoms with Gasteiger partial charge in [-0.2, -0.15) is 0 Å². The van der Waals surface area contributed by atoms with Crippen LogP contribution in [0.3, 0.4) is 0 Å². The van der Waals surface area contributed by atoms with Crippen LogP contribution < -0.4 is 15.4 Å². The van der Waals surface area contributed by atoms with Crippen LogP contribution in [0.4, 0.5) is 4.79 Å². The van der Waals surface area contributed by atoms with Gasteiger partial charge in [0.2, 0.25) is 5.91 Å². The lowest BCUT2D eigenvalue weighted by Crippen LogP contribution is -2.54. The van der Waals surface area contributed by atoms with E-state index in [4.69, 9.17) is 9.47 Å². The zero-order valence-corrected chi connectivity index (χ0v) is 21.9. The molecule has 1 heterocycles. The molecule has 0 saturated heterocycles. The van der Waals surface area contributed by atoms with Crippen molar-refractivity contribution >= 4 is 12.0 Å². The molecule has 0 radical (unpaired) electrons. The summed E-state index contributed by atoms with van der Waals surface area (Å²) in [6.45, 7) is 16.6. The molecule has 3 N–H and O–H groups in total. The van der Waals surface area contributed by atoms with Gasteiger partial charge < -0.3 is 30.1 Å². The molecular formula is C26H43N3O5. The molecule has 1 aromatic carbocycles. The predicted molar refractivity (Wildman–Crippen MR) is 133 cm³/mol. The predicted octanol–water partition coefficient (Wildman–Crippen LogP) is 3.57. The normalized spacial score (nSPS) is 19.2. The highest BCUT2D eigenvalue weighted by molar-refractivity contribution is 5.78. The van der Waals surface area contributed by atoms with E-state index in [0.29, 0.717) is 17.9 Å². The van der Waals surface area contributed by atoms with Crippen molar-refractivity contribution in [2.75, 3.05) is 26.2 Å². The van der Waals surface area contributed by atoms with Crippen molar-refractivity contribution < 1.29 is 24.2 Å². The van der Waals surface area contributed by atoms with E-state index in [9.17, 15) is 14.7 Å². The molecule has 1 aliphatic rings. The first kappa shape index (κ1) is 27.9. The molecule has 2 amide bonds. The number of ether oxygens (including phenoxy) is 2. The number of aliphatic hydroxyl groups excluding tert-OH is 1.